The van der Waals surface area contributed by atoms with Gasteiger partial charge in [-0.2, -0.15) is 0 Å². The zero-order valence-corrected chi connectivity index (χ0v) is 8.15. The van der Waals surface area contributed by atoms with Gasteiger partial charge in [0.1, 0.15) is 12.0 Å². The van der Waals surface area contributed by atoms with Gasteiger partial charge >= 0.3 is 0 Å². The smallest absolute Gasteiger partial charge is 0.169 e. The van der Waals surface area contributed by atoms with Crippen LogP contribution in [0.25, 0.3) is 10.9 Å². The number of benzene rings is 1. The Morgan fingerprint density at radius 2 is 2.15 bits per heavy atom. The summed E-state index contributed by atoms with van der Waals surface area (Å²) in [4.78, 5) is 18.5. The molecule has 1 aromatic carbocycles. The summed E-state index contributed by atoms with van der Waals surface area (Å²) in [5.74, 6) is 0. The predicted octanol–water partition coefficient (Wildman–Crippen LogP) is 2.20. The first kappa shape index (κ1) is 8.31. The second-order valence-corrected chi connectivity index (χ2v) is 3.45. The highest BCUT2D eigenvalue weighted by molar-refractivity contribution is 9.10. The van der Waals surface area contributed by atoms with Gasteiger partial charge in [0, 0.05) is 9.86 Å². The van der Waals surface area contributed by atoms with Crippen LogP contribution in [0, 0.1) is 0 Å². The van der Waals surface area contributed by atoms with Crippen LogP contribution in [-0.4, -0.2) is 16.3 Å². The molecule has 0 unspecified atom stereocenters. The third kappa shape index (κ3) is 1.45. The van der Waals surface area contributed by atoms with Crippen LogP contribution in [0.3, 0.4) is 0 Å². The molecule has 1 aromatic heterocycles. The summed E-state index contributed by atoms with van der Waals surface area (Å²) in [5, 5.41) is 0.770. The van der Waals surface area contributed by atoms with Gasteiger partial charge in [-0.15, -0.1) is 0 Å². The Kier molecular flexibility index (Phi) is 2.06. The summed E-state index contributed by atoms with van der Waals surface area (Å²) in [6, 6.07) is 5.55. The van der Waals surface area contributed by atoms with E-state index in [4.69, 9.17) is 0 Å². The van der Waals surface area contributed by atoms with Gasteiger partial charge in [-0.1, -0.05) is 15.9 Å². The Labute approximate surface area is 82.9 Å². The van der Waals surface area contributed by atoms with Gasteiger partial charge in [-0.05, 0) is 18.2 Å². The van der Waals surface area contributed by atoms with Crippen molar-refractivity contribution in [2.75, 3.05) is 0 Å². The van der Waals surface area contributed by atoms with E-state index in [0.29, 0.717) is 5.69 Å². The number of rotatable bonds is 1. The van der Waals surface area contributed by atoms with Crippen LogP contribution in [0.4, 0.5) is 0 Å². The lowest BCUT2D eigenvalue weighted by Gasteiger charge is -1.98. The maximum atomic E-state index is 10.6. The lowest BCUT2D eigenvalue weighted by Crippen LogP contribution is -1.90. The second kappa shape index (κ2) is 3.22. The van der Waals surface area contributed by atoms with Gasteiger partial charge in [0.05, 0.1) is 5.52 Å². The van der Waals surface area contributed by atoms with E-state index in [0.717, 1.165) is 21.7 Å². The van der Waals surface area contributed by atoms with Crippen molar-refractivity contribution >= 4 is 33.1 Å². The van der Waals surface area contributed by atoms with Gasteiger partial charge in [0.25, 0.3) is 0 Å². The first-order valence-electron chi connectivity index (χ1n) is 3.67. The van der Waals surface area contributed by atoms with E-state index in [-0.39, 0.29) is 0 Å². The van der Waals surface area contributed by atoms with Gasteiger partial charge in [0.2, 0.25) is 0 Å². The van der Waals surface area contributed by atoms with Gasteiger partial charge in [0.15, 0.2) is 6.29 Å². The van der Waals surface area contributed by atoms with Crippen molar-refractivity contribution in [1.29, 1.82) is 0 Å². The fourth-order valence-electron chi connectivity index (χ4n) is 1.14. The first-order valence-corrected chi connectivity index (χ1v) is 4.46. The number of fused-ring (bicyclic) bond motifs is 1. The Balaban J connectivity index is 2.86. The van der Waals surface area contributed by atoms with Crippen molar-refractivity contribution in [3.63, 3.8) is 0 Å². The Morgan fingerprint density at radius 1 is 1.31 bits per heavy atom. The fraction of sp³-hybridized carbons (Fsp3) is 0. The minimum atomic E-state index is 0.423. The molecule has 0 amide bonds. The summed E-state index contributed by atoms with van der Waals surface area (Å²) in [5.41, 5.74) is 1.20. The number of aldehydes is 1. The quantitative estimate of drug-likeness (QED) is 0.714. The normalized spacial score (nSPS) is 10.2. The van der Waals surface area contributed by atoms with Gasteiger partial charge in [-0.25, -0.2) is 9.97 Å². The van der Waals surface area contributed by atoms with Crippen LogP contribution >= 0.6 is 15.9 Å². The van der Waals surface area contributed by atoms with Gasteiger partial charge < -0.3 is 0 Å². The second-order valence-electron chi connectivity index (χ2n) is 2.54. The van der Waals surface area contributed by atoms with Crippen molar-refractivity contribution in [3.05, 3.63) is 34.7 Å². The number of halogens is 1. The molecule has 1 heterocycles. The fourth-order valence-corrected chi connectivity index (χ4v) is 1.50. The maximum absolute atomic E-state index is 10.6. The molecular weight excluding hydrogens is 232 g/mol. The molecule has 4 heteroatoms. The number of hydrogen-bond donors (Lipinski definition) is 0. The van der Waals surface area contributed by atoms with E-state index >= 15 is 0 Å². The van der Waals surface area contributed by atoms with Crippen LogP contribution in [0.15, 0.2) is 29.0 Å². The Morgan fingerprint density at radius 3 is 2.92 bits per heavy atom. The van der Waals surface area contributed by atoms with Crippen LogP contribution in [0.2, 0.25) is 0 Å². The molecule has 3 nitrogen and oxygen atoms in total. The molecule has 0 saturated heterocycles. The average molecular weight is 237 g/mol. The minimum absolute atomic E-state index is 0.423. The van der Waals surface area contributed by atoms with Crippen LogP contribution in [0.5, 0.6) is 0 Å². The lowest BCUT2D eigenvalue weighted by molar-refractivity contribution is 0.112. The van der Waals surface area contributed by atoms with Crippen LogP contribution in [-0.2, 0) is 0 Å². The molecule has 0 radical (unpaired) electrons. The number of nitrogens with zero attached hydrogens (tertiary/aromatic N) is 2. The number of carbonyl (C=O) groups excluding carboxylic acids is 1. The van der Waals surface area contributed by atoms with E-state index in [2.05, 4.69) is 25.9 Å². The summed E-state index contributed by atoms with van der Waals surface area (Å²) < 4.78 is 0.915. The molecule has 0 spiro atoms. The zero-order valence-electron chi connectivity index (χ0n) is 6.57. The highest BCUT2D eigenvalue weighted by atomic mass is 79.9. The molecular formula is C9H5BrN2O. The molecule has 0 aliphatic carbocycles. The maximum Gasteiger partial charge on any atom is 0.169 e. The molecule has 2 rings (SSSR count). The molecule has 64 valence electrons. The largest absolute Gasteiger partial charge is 0.296 e. The molecule has 0 atom stereocenters. The summed E-state index contributed by atoms with van der Waals surface area (Å²) in [7, 11) is 0. The van der Waals surface area contributed by atoms with Crippen LogP contribution in [0.1, 0.15) is 10.5 Å². The molecule has 2 aromatic rings. The zero-order chi connectivity index (χ0) is 9.26. The van der Waals surface area contributed by atoms with Crippen LogP contribution < -0.4 is 0 Å². The monoisotopic (exact) mass is 236 g/mol. The Bertz CT molecular complexity index is 470. The van der Waals surface area contributed by atoms with E-state index < -0.39 is 0 Å². The summed E-state index contributed by atoms with van der Waals surface area (Å²) in [6.45, 7) is 0. The molecule has 0 aliphatic rings. The minimum Gasteiger partial charge on any atom is -0.296 e. The van der Waals surface area contributed by atoms with E-state index in [1.807, 2.05) is 18.2 Å². The number of aromatic nitrogens is 2. The van der Waals surface area contributed by atoms with Crippen molar-refractivity contribution in [3.8, 4) is 0 Å². The topological polar surface area (TPSA) is 42.9 Å². The SMILES string of the molecule is O=Cc1ncnc2ccc(Br)cc12. The Hall–Kier alpha value is -1.29. The molecule has 0 saturated carbocycles. The van der Waals surface area contributed by atoms with E-state index in [9.17, 15) is 4.79 Å². The third-order valence-electron chi connectivity index (χ3n) is 1.74. The average Bonchev–Trinajstić information content (AvgIpc) is 2.17. The highest BCUT2D eigenvalue weighted by Gasteiger charge is 2.01. The molecule has 0 N–H and O–H groups in total. The third-order valence-corrected chi connectivity index (χ3v) is 2.23. The van der Waals surface area contributed by atoms with E-state index in [1.165, 1.54) is 6.33 Å². The highest BCUT2D eigenvalue weighted by Crippen LogP contribution is 2.18. The molecule has 0 fully saturated rings. The first-order chi connectivity index (χ1) is 6.31. The van der Waals surface area contributed by atoms with Crippen molar-refractivity contribution in [2.24, 2.45) is 0 Å². The summed E-state index contributed by atoms with van der Waals surface area (Å²) >= 11 is 3.32. The van der Waals surface area contributed by atoms with Crippen molar-refractivity contribution in [1.82, 2.24) is 9.97 Å². The van der Waals surface area contributed by atoms with Gasteiger partial charge in [-0.3, -0.25) is 4.79 Å². The molecule has 0 aliphatic heterocycles. The van der Waals surface area contributed by atoms with Crippen molar-refractivity contribution < 1.29 is 4.79 Å². The van der Waals surface area contributed by atoms with Crippen molar-refractivity contribution in [2.45, 2.75) is 0 Å². The molecule has 0 bridgehead atoms. The summed E-state index contributed by atoms with van der Waals surface area (Å²) in [6.07, 6.45) is 2.12. The lowest BCUT2D eigenvalue weighted by atomic mass is 10.2. The molecule has 13 heavy (non-hydrogen) atoms. The van der Waals surface area contributed by atoms with E-state index in [1.54, 1.807) is 0 Å². The number of carbonyl (C=O) groups is 1. The number of hydrogen-bond acceptors (Lipinski definition) is 3. The predicted molar refractivity (Wildman–Crippen MR) is 52.6 cm³/mol. The standard InChI is InChI=1S/C9H5BrN2O/c10-6-1-2-8-7(3-6)9(4-13)12-5-11-8/h1-5H.